The number of thioether (sulfide) groups is 1. The molecular formula is C16H16Cl2N2OS. The second-order valence-electron chi connectivity index (χ2n) is 5.00. The first kappa shape index (κ1) is 17.1. The number of benzene rings is 1. The van der Waals surface area contributed by atoms with Crippen LogP contribution in [0.4, 0.5) is 5.82 Å². The zero-order valence-corrected chi connectivity index (χ0v) is 14.8. The predicted octanol–water partition coefficient (Wildman–Crippen LogP) is 5.12. The molecule has 0 radical (unpaired) electrons. The number of halogens is 2. The molecule has 0 saturated carbocycles. The number of anilines is 1. The van der Waals surface area contributed by atoms with Gasteiger partial charge in [-0.1, -0.05) is 40.9 Å². The van der Waals surface area contributed by atoms with E-state index in [1.807, 2.05) is 20.8 Å². The molecule has 1 N–H and O–H groups in total. The Bertz CT molecular complexity index is 707. The SMILES string of the molecule is Cc1ccc(C)c(SC(C)C(=O)Nc2ncc(Cl)cc2Cl)c1. The third-order valence-corrected chi connectivity index (χ3v) is 4.82. The van der Waals surface area contributed by atoms with Gasteiger partial charge in [0.25, 0.3) is 0 Å². The largest absolute Gasteiger partial charge is 0.308 e. The lowest BCUT2D eigenvalue weighted by atomic mass is 10.2. The molecule has 1 aromatic heterocycles. The van der Waals surface area contributed by atoms with E-state index >= 15 is 0 Å². The highest BCUT2D eigenvalue weighted by atomic mass is 35.5. The molecule has 0 aliphatic rings. The zero-order valence-electron chi connectivity index (χ0n) is 12.5. The second-order valence-corrected chi connectivity index (χ2v) is 7.23. The minimum Gasteiger partial charge on any atom is -0.308 e. The number of aromatic nitrogens is 1. The first-order chi connectivity index (χ1) is 10.4. The lowest BCUT2D eigenvalue weighted by Gasteiger charge is -2.14. The fourth-order valence-corrected chi connectivity index (χ4v) is 3.29. The van der Waals surface area contributed by atoms with Crippen molar-refractivity contribution < 1.29 is 4.79 Å². The molecule has 2 aromatic rings. The molecule has 116 valence electrons. The maximum Gasteiger partial charge on any atom is 0.238 e. The topological polar surface area (TPSA) is 42.0 Å². The molecule has 0 aliphatic carbocycles. The van der Waals surface area contributed by atoms with Crippen LogP contribution in [0.15, 0.2) is 35.4 Å². The van der Waals surface area contributed by atoms with Crippen LogP contribution in [0.25, 0.3) is 0 Å². The molecule has 3 nitrogen and oxygen atoms in total. The maximum atomic E-state index is 12.3. The van der Waals surface area contributed by atoms with Gasteiger partial charge in [-0.2, -0.15) is 0 Å². The number of carbonyl (C=O) groups is 1. The summed E-state index contributed by atoms with van der Waals surface area (Å²) in [7, 11) is 0. The quantitative estimate of drug-likeness (QED) is 0.774. The van der Waals surface area contributed by atoms with Crippen LogP contribution < -0.4 is 5.32 Å². The first-order valence-corrected chi connectivity index (χ1v) is 8.36. The van der Waals surface area contributed by atoms with Crippen LogP contribution in [-0.4, -0.2) is 16.1 Å². The van der Waals surface area contributed by atoms with Gasteiger partial charge in [0.2, 0.25) is 5.91 Å². The predicted molar refractivity (Wildman–Crippen MR) is 94.1 cm³/mol. The van der Waals surface area contributed by atoms with E-state index in [0.29, 0.717) is 15.9 Å². The van der Waals surface area contributed by atoms with Crippen LogP contribution in [0.5, 0.6) is 0 Å². The van der Waals surface area contributed by atoms with Crippen molar-refractivity contribution in [2.24, 2.45) is 0 Å². The van der Waals surface area contributed by atoms with Gasteiger partial charge in [0.1, 0.15) is 0 Å². The average Bonchev–Trinajstić information content (AvgIpc) is 2.45. The summed E-state index contributed by atoms with van der Waals surface area (Å²) in [4.78, 5) is 17.4. The van der Waals surface area contributed by atoms with E-state index in [0.717, 1.165) is 10.5 Å². The van der Waals surface area contributed by atoms with Gasteiger partial charge in [-0.05, 0) is 38.5 Å². The maximum absolute atomic E-state index is 12.3. The van der Waals surface area contributed by atoms with Crippen LogP contribution in [0.2, 0.25) is 10.0 Å². The molecule has 6 heteroatoms. The second kappa shape index (κ2) is 7.36. The van der Waals surface area contributed by atoms with Crippen molar-refractivity contribution in [3.8, 4) is 0 Å². The monoisotopic (exact) mass is 354 g/mol. The first-order valence-electron chi connectivity index (χ1n) is 6.72. The van der Waals surface area contributed by atoms with E-state index in [1.54, 1.807) is 6.07 Å². The van der Waals surface area contributed by atoms with E-state index in [1.165, 1.54) is 23.5 Å². The summed E-state index contributed by atoms with van der Waals surface area (Å²) in [6, 6.07) is 7.74. The van der Waals surface area contributed by atoms with Gasteiger partial charge in [0.15, 0.2) is 5.82 Å². The number of hydrogen-bond acceptors (Lipinski definition) is 3. The summed E-state index contributed by atoms with van der Waals surface area (Å²) >= 11 is 13.3. The summed E-state index contributed by atoms with van der Waals surface area (Å²) in [5.41, 5.74) is 2.32. The molecule has 22 heavy (non-hydrogen) atoms. The number of aryl methyl sites for hydroxylation is 2. The van der Waals surface area contributed by atoms with Crippen LogP contribution in [-0.2, 0) is 4.79 Å². The van der Waals surface area contributed by atoms with E-state index in [9.17, 15) is 4.79 Å². The van der Waals surface area contributed by atoms with Crippen molar-refractivity contribution in [2.75, 3.05) is 5.32 Å². The van der Waals surface area contributed by atoms with Gasteiger partial charge in [0.05, 0.1) is 15.3 Å². The van der Waals surface area contributed by atoms with Crippen molar-refractivity contribution in [2.45, 2.75) is 30.9 Å². The Kier molecular flexibility index (Phi) is 5.73. The minimum absolute atomic E-state index is 0.150. The Hall–Kier alpha value is -1.23. The highest BCUT2D eigenvalue weighted by Crippen LogP contribution is 2.29. The van der Waals surface area contributed by atoms with E-state index in [4.69, 9.17) is 23.2 Å². The van der Waals surface area contributed by atoms with E-state index < -0.39 is 0 Å². The standard InChI is InChI=1S/C16H16Cl2N2OS/c1-9-4-5-10(2)14(6-9)22-11(3)16(21)20-15-13(18)7-12(17)8-19-15/h4-8,11H,1-3H3,(H,19,20,21). The number of nitrogens with one attached hydrogen (secondary N) is 1. The number of amides is 1. The molecule has 0 aliphatic heterocycles. The molecule has 1 unspecified atom stereocenters. The smallest absolute Gasteiger partial charge is 0.238 e. The molecule has 1 atom stereocenters. The molecule has 0 bridgehead atoms. The third-order valence-electron chi connectivity index (χ3n) is 3.07. The van der Waals surface area contributed by atoms with E-state index in [-0.39, 0.29) is 11.2 Å². The lowest BCUT2D eigenvalue weighted by molar-refractivity contribution is -0.115. The number of nitrogens with zero attached hydrogens (tertiary/aromatic N) is 1. The molecule has 0 fully saturated rings. The Morgan fingerprint density at radius 2 is 2.00 bits per heavy atom. The normalized spacial score (nSPS) is 12.0. The Labute approximate surface area is 144 Å². The van der Waals surface area contributed by atoms with Gasteiger partial charge in [-0.3, -0.25) is 4.79 Å². The van der Waals surface area contributed by atoms with Crippen molar-refractivity contribution in [1.29, 1.82) is 0 Å². The molecular weight excluding hydrogens is 339 g/mol. The number of pyridine rings is 1. The summed E-state index contributed by atoms with van der Waals surface area (Å²) in [5.74, 6) is 0.173. The van der Waals surface area contributed by atoms with Gasteiger partial charge in [0, 0.05) is 11.1 Å². The number of carbonyl (C=O) groups excluding carboxylic acids is 1. The van der Waals surface area contributed by atoms with Crippen molar-refractivity contribution in [1.82, 2.24) is 4.98 Å². The van der Waals surface area contributed by atoms with Gasteiger partial charge in [-0.15, -0.1) is 11.8 Å². The summed E-state index contributed by atoms with van der Waals surface area (Å²) in [5, 5.41) is 3.22. The van der Waals surface area contributed by atoms with Crippen LogP contribution >= 0.6 is 35.0 Å². The fraction of sp³-hybridized carbons (Fsp3) is 0.250. The zero-order chi connectivity index (χ0) is 16.3. The van der Waals surface area contributed by atoms with Crippen molar-refractivity contribution in [3.63, 3.8) is 0 Å². The molecule has 1 aromatic carbocycles. The summed E-state index contributed by atoms with van der Waals surface area (Å²) < 4.78 is 0. The number of hydrogen-bond donors (Lipinski definition) is 1. The highest BCUT2D eigenvalue weighted by Gasteiger charge is 2.17. The molecule has 0 saturated heterocycles. The Morgan fingerprint density at radius 1 is 1.27 bits per heavy atom. The third kappa shape index (κ3) is 4.38. The van der Waals surface area contributed by atoms with Crippen molar-refractivity contribution >= 4 is 46.7 Å². The average molecular weight is 355 g/mol. The summed E-state index contributed by atoms with van der Waals surface area (Å²) in [6.45, 7) is 5.92. The van der Waals surface area contributed by atoms with Crippen LogP contribution in [0.1, 0.15) is 18.1 Å². The molecule has 1 heterocycles. The molecule has 1 amide bonds. The fourth-order valence-electron chi connectivity index (χ4n) is 1.80. The highest BCUT2D eigenvalue weighted by molar-refractivity contribution is 8.00. The lowest BCUT2D eigenvalue weighted by Crippen LogP contribution is -2.23. The van der Waals surface area contributed by atoms with Crippen LogP contribution in [0, 0.1) is 13.8 Å². The van der Waals surface area contributed by atoms with Crippen LogP contribution in [0.3, 0.4) is 0 Å². The molecule has 2 rings (SSSR count). The van der Waals surface area contributed by atoms with Crippen molar-refractivity contribution in [3.05, 3.63) is 51.6 Å². The number of rotatable bonds is 4. The Morgan fingerprint density at radius 3 is 2.68 bits per heavy atom. The minimum atomic E-state index is -0.269. The Balaban J connectivity index is 2.07. The summed E-state index contributed by atoms with van der Waals surface area (Å²) in [6.07, 6.45) is 1.45. The van der Waals surface area contributed by atoms with E-state index in [2.05, 4.69) is 28.5 Å². The van der Waals surface area contributed by atoms with Gasteiger partial charge in [-0.25, -0.2) is 4.98 Å². The van der Waals surface area contributed by atoms with Gasteiger partial charge >= 0.3 is 0 Å². The molecule has 0 spiro atoms. The van der Waals surface area contributed by atoms with Gasteiger partial charge < -0.3 is 5.32 Å².